The Morgan fingerprint density at radius 1 is 1.39 bits per heavy atom. The topological polar surface area (TPSA) is 43.8 Å². The molecule has 0 aliphatic heterocycles. The van der Waals surface area contributed by atoms with Crippen molar-refractivity contribution in [1.29, 1.82) is 0 Å². The first-order chi connectivity index (χ1) is 8.52. The van der Waals surface area contributed by atoms with Gasteiger partial charge in [0.2, 0.25) is 0 Å². The van der Waals surface area contributed by atoms with Crippen molar-refractivity contribution >= 4 is 0 Å². The smallest absolute Gasteiger partial charge is 0.0640 e. The van der Waals surface area contributed by atoms with E-state index in [0.717, 1.165) is 18.0 Å². The molecule has 0 radical (unpaired) electrons. The maximum atomic E-state index is 6.55. The van der Waals surface area contributed by atoms with Gasteiger partial charge in [-0.2, -0.15) is 5.10 Å². The molecule has 1 fully saturated rings. The monoisotopic (exact) mass is 249 g/mol. The van der Waals surface area contributed by atoms with E-state index in [-0.39, 0.29) is 6.04 Å². The van der Waals surface area contributed by atoms with Gasteiger partial charge in [0.15, 0.2) is 0 Å². The summed E-state index contributed by atoms with van der Waals surface area (Å²) in [5, 5.41) is 4.47. The summed E-state index contributed by atoms with van der Waals surface area (Å²) in [6.45, 7) is 4.63. The molecule has 1 aliphatic carbocycles. The molecule has 3 heteroatoms. The minimum atomic E-state index is 0.261. The molecule has 18 heavy (non-hydrogen) atoms. The zero-order valence-electron chi connectivity index (χ0n) is 12.0. The quantitative estimate of drug-likeness (QED) is 0.872. The molecule has 0 aromatic carbocycles. The largest absolute Gasteiger partial charge is 0.327 e. The standard InChI is InChI=1S/C15H27N3/c1-12(2)11-15(7-4-5-8-15)14(16)10-13-6-9-18(3)17-13/h6,9,12,14H,4-5,7-8,10-11,16H2,1-3H3. The number of hydrogen-bond donors (Lipinski definition) is 1. The highest BCUT2D eigenvalue weighted by molar-refractivity contribution is 5.05. The van der Waals surface area contributed by atoms with Gasteiger partial charge >= 0.3 is 0 Å². The summed E-state index contributed by atoms with van der Waals surface area (Å²) < 4.78 is 1.87. The van der Waals surface area contributed by atoms with Gasteiger partial charge in [-0.25, -0.2) is 0 Å². The number of aromatic nitrogens is 2. The number of hydrogen-bond acceptors (Lipinski definition) is 2. The first-order valence-corrected chi connectivity index (χ1v) is 7.26. The molecule has 102 valence electrons. The molecular formula is C15H27N3. The van der Waals surface area contributed by atoms with Crippen LogP contribution in [-0.4, -0.2) is 15.8 Å². The van der Waals surface area contributed by atoms with Crippen molar-refractivity contribution < 1.29 is 0 Å². The molecule has 0 spiro atoms. The first-order valence-electron chi connectivity index (χ1n) is 7.26. The van der Waals surface area contributed by atoms with Crippen LogP contribution in [0.3, 0.4) is 0 Å². The van der Waals surface area contributed by atoms with E-state index in [0.29, 0.717) is 5.41 Å². The Labute approximate surface area is 111 Å². The third-order valence-corrected chi connectivity index (χ3v) is 4.40. The third-order valence-electron chi connectivity index (χ3n) is 4.40. The zero-order chi connectivity index (χ0) is 13.2. The molecule has 1 aliphatic rings. The van der Waals surface area contributed by atoms with Crippen molar-refractivity contribution in [2.75, 3.05) is 0 Å². The zero-order valence-corrected chi connectivity index (χ0v) is 12.0. The van der Waals surface area contributed by atoms with Gasteiger partial charge in [-0.1, -0.05) is 26.7 Å². The fraction of sp³-hybridized carbons (Fsp3) is 0.800. The van der Waals surface area contributed by atoms with Crippen LogP contribution in [0.15, 0.2) is 12.3 Å². The predicted octanol–water partition coefficient (Wildman–Crippen LogP) is 2.90. The Kier molecular flexibility index (Phi) is 4.10. The molecular weight excluding hydrogens is 222 g/mol. The summed E-state index contributed by atoms with van der Waals surface area (Å²) in [6.07, 6.45) is 9.50. The average molecular weight is 249 g/mol. The second-order valence-electron chi connectivity index (χ2n) is 6.46. The molecule has 0 saturated heterocycles. The number of nitrogens with two attached hydrogens (primary N) is 1. The van der Waals surface area contributed by atoms with Gasteiger partial charge in [0.05, 0.1) is 5.69 Å². The molecule has 1 aromatic heterocycles. The average Bonchev–Trinajstić information content (AvgIpc) is 2.88. The van der Waals surface area contributed by atoms with Gasteiger partial charge in [-0.15, -0.1) is 0 Å². The molecule has 1 aromatic rings. The van der Waals surface area contributed by atoms with E-state index in [1.165, 1.54) is 32.1 Å². The predicted molar refractivity (Wildman–Crippen MR) is 75.2 cm³/mol. The van der Waals surface area contributed by atoms with Crippen LogP contribution in [0.5, 0.6) is 0 Å². The molecule has 0 bridgehead atoms. The van der Waals surface area contributed by atoms with Crippen LogP contribution in [0, 0.1) is 11.3 Å². The summed E-state index contributed by atoms with van der Waals surface area (Å²) >= 11 is 0. The highest BCUT2D eigenvalue weighted by atomic mass is 15.2. The summed E-state index contributed by atoms with van der Waals surface area (Å²) in [5.41, 5.74) is 8.06. The van der Waals surface area contributed by atoms with Gasteiger partial charge in [0.25, 0.3) is 0 Å². The normalized spacial score (nSPS) is 20.5. The molecule has 2 rings (SSSR count). The Bertz CT molecular complexity index is 375. The van der Waals surface area contributed by atoms with Crippen LogP contribution >= 0.6 is 0 Å². The lowest BCUT2D eigenvalue weighted by atomic mass is 9.71. The lowest BCUT2D eigenvalue weighted by molar-refractivity contribution is 0.180. The van der Waals surface area contributed by atoms with Crippen LogP contribution in [0.1, 0.15) is 51.6 Å². The number of nitrogens with zero attached hydrogens (tertiary/aromatic N) is 2. The molecule has 2 N–H and O–H groups in total. The van der Waals surface area contributed by atoms with Gasteiger partial charge in [0.1, 0.15) is 0 Å². The maximum absolute atomic E-state index is 6.55. The van der Waals surface area contributed by atoms with Crippen LogP contribution < -0.4 is 5.73 Å². The fourth-order valence-corrected chi connectivity index (χ4v) is 3.63. The Morgan fingerprint density at radius 3 is 2.56 bits per heavy atom. The minimum Gasteiger partial charge on any atom is -0.327 e. The van der Waals surface area contributed by atoms with Crippen molar-refractivity contribution in [3.63, 3.8) is 0 Å². The van der Waals surface area contributed by atoms with Crippen LogP contribution in [0.2, 0.25) is 0 Å². The Hall–Kier alpha value is -0.830. The fourth-order valence-electron chi connectivity index (χ4n) is 3.63. The lowest BCUT2D eigenvalue weighted by Crippen LogP contribution is -2.42. The highest BCUT2D eigenvalue weighted by Crippen LogP contribution is 2.45. The first kappa shape index (κ1) is 13.6. The minimum absolute atomic E-state index is 0.261. The van der Waals surface area contributed by atoms with Crippen molar-refractivity contribution in [3.8, 4) is 0 Å². The van der Waals surface area contributed by atoms with Crippen molar-refractivity contribution in [2.24, 2.45) is 24.1 Å². The molecule has 3 nitrogen and oxygen atoms in total. The maximum Gasteiger partial charge on any atom is 0.0640 e. The molecule has 1 atom stereocenters. The SMILES string of the molecule is CC(C)CC1(C(N)Cc2ccn(C)n2)CCCC1. The molecule has 0 amide bonds. The van der Waals surface area contributed by atoms with E-state index in [1.54, 1.807) is 0 Å². The second kappa shape index (κ2) is 5.43. The number of aryl methyl sites for hydroxylation is 1. The Morgan fingerprint density at radius 2 is 2.06 bits per heavy atom. The summed E-state index contributed by atoms with van der Waals surface area (Å²) in [6, 6.07) is 2.36. The van der Waals surface area contributed by atoms with Gasteiger partial charge in [-0.3, -0.25) is 4.68 Å². The summed E-state index contributed by atoms with van der Waals surface area (Å²) in [7, 11) is 1.97. The van der Waals surface area contributed by atoms with Crippen molar-refractivity contribution in [2.45, 2.75) is 58.4 Å². The van der Waals surface area contributed by atoms with Crippen molar-refractivity contribution in [1.82, 2.24) is 9.78 Å². The molecule has 1 heterocycles. The van der Waals surface area contributed by atoms with Gasteiger partial charge in [0, 0.05) is 25.7 Å². The van der Waals surface area contributed by atoms with E-state index in [2.05, 4.69) is 25.0 Å². The van der Waals surface area contributed by atoms with E-state index in [1.807, 2.05) is 17.9 Å². The van der Waals surface area contributed by atoms with Crippen LogP contribution in [0.4, 0.5) is 0 Å². The third kappa shape index (κ3) is 2.94. The summed E-state index contributed by atoms with van der Waals surface area (Å²) in [5.74, 6) is 0.734. The van der Waals surface area contributed by atoms with Gasteiger partial charge < -0.3 is 5.73 Å². The van der Waals surface area contributed by atoms with E-state index < -0.39 is 0 Å². The Balaban J connectivity index is 2.06. The lowest BCUT2D eigenvalue weighted by Gasteiger charge is -2.36. The number of rotatable bonds is 5. The van der Waals surface area contributed by atoms with Crippen molar-refractivity contribution in [3.05, 3.63) is 18.0 Å². The molecule has 1 saturated carbocycles. The van der Waals surface area contributed by atoms with Crippen LogP contribution in [-0.2, 0) is 13.5 Å². The van der Waals surface area contributed by atoms with Gasteiger partial charge in [-0.05, 0) is 36.7 Å². The van der Waals surface area contributed by atoms with E-state index in [4.69, 9.17) is 5.73 Å². The molecule has 1 unspecified atom stereocenters. The van der Waals surface area contributed by atoms with E-state index >= 15 is 0 Å². The van der Waals surface area contributed by atoms with E-state index in [9.17, 15) is 0 Å². The summed E-state index contributed by atoms with van der Waals surface area (Å²) in [4.78, 5) is 0. The highest BCUT2D eigenvalue weighted by Gasteiger charge is 2.39. The second-order valence-corrected chi connectivity index (χ2v) is 6.46. The van der Waals surface area contributed by atoms with Crippen LogP contribution in [0.25, 0.3) is 0 Å².